The third-order valence-corrected chi connectivity index (χ3v) is 2.60. The summed E-state index contributed by atoms with van der Waals surface area (Å²) in [6, 6.07) is 0. The molecule has 0 aromatic heterocycles. The summed E-state index contributed by atoms with van der Waals surface area (Å²) in [6.45, 7) is 3.34. The first kappa shape index (κ1) is 10.8. The van der Waals surface area contributed by atoms with Crippen LogP contribution in [0.15, 0.2) is 0 Å². The molecule has 6 heteroatoms. The normalized spacial score (nSPS) is 44.4. The van der Waals surface area contributed by atoms with Crippen molar-refractivity contribution in [1.29, 1.82) is 0 Å². The Morgan fingerprint density at radius 2 is 2.07 bits per heavy atom. The lowest BCUT2D eigenvalue weighted by Gasteiger charge is -2.22. The van der Waals surface area contributed by atoms with E-state index in [1.165, 1.54) is 0 Å². The third kappa shape index (κ3) is 1.85. The Morgan fingerprint density at radius 1 is 1.40 bits per heavy atom. The Bertz CT molecular complexity index is 280. The summed E-state index contributed by atoms with van der Waals surface area (Å²) in [5.74, 6) is -1.27. The van der Waals surface area contributed by atoms with Gasteiger partial charge in [-0.1, -0.05) is 0 Å². The van der Waals surface area contributed by atoms with Gasteiger partial charge in [-0.2, -0.15) is 0 Å². The smallest absolute Gasteiger partial charge is 0.252 e. The van der Waals surface area contributed by atoms with E-state index >= 15 is 0 Å². The number of amides is 1. The average Bonchev–Trinajstić information content (AvgIpc) is 2.44. The van der Waals surface area contributed by atoms with Gasteiger partial charge in [0.15, 0.2) is 11.9 Å². The minimum absolute atomic E-state index is 0.0140. The molecular formula is C9H15NO5. The molecule has 2 heterocycles. The van der Waals surface area contributed by atoms with Crippen molar-refractivity contribution in [2.24, 2.45) is 0 Å². The van der Waals surface area contributed by atoms with Gasteiger partial charge in [-0.3, -0.25) is 4.79 Å². The zero-order valence-corrected chi connectivity index (χ0v) is 8.64. The fraction of sp³-hybridized carbons (Fsp3) is 0.889. The molecule has 15 heavy (non-hydrogen) atoms. The van der Waals surface area contributed by atoms with Crippen LogP contribution in [0.25, 0.3) is 0 Å². The number of aliphatic hydroxyl groups is 2. The quantitative estimate of drug-likeness (QED) is 0.453. The predicted molar refractivity (Wildman–Crippen MR) is 48.8 cm³/mol. The van der Waals surface area contributed by atoms with Crippen LogP contribution in [0.3, 0.4) is 0 Å². The number of rotatable bonds is 0. The molecule has 0 unspecified atom stereocenters. The molecule has 0 aliphatic carbocycles. The maximum atomic E-state index is 11.5. The molecule has 0 radical (unpaired) electrons. The lowest BCUT2D eigenvalue weighted by molar-refractivity contribution is -0.167. The van der Waals surface area contributed by atoms with Crippen LogP contribution in [0.4, 0.5) is 0 Å². The lowest BCUT2D eigenvalue weighted by Crippen LogP contribution is -2.43. The van der Waals surface area contributed by atoms with Crippen molar-refractivity contribution in [2.75, 3.05) is 6.54 Å². The number of hydrogen-bond donors (Lipinski definition) is 3. The van der Waals surface area contributed by atoms with E-state index in [2.05, 4.69) is 5.32 Å². The third-order valence-electron chi connectivity index (χ3n) is 2.60. The topological polar surface area (TPSA) is 88.0 Å². The zero-order valence-electron chi connectivity index (χ0n) is 8.64. The summed E-state index contributed by atoms with van der Waals surface area (Å²) >= 11 is 0. The van der Waals surface area contributed by atoms with Crippen LogP contribution in [0.1, 0.15) is 13.8 Å². The fourth-order valence-corrected chi connectivity index (χ4v) is 1.89. The molecule has 0 bridgehead atoms. The summed E-state index contributed by atoms with van der Waals surface area (Å²) in [7, 11) is 0. The van der Waals surface area contributed by atoms with Gasteiger partial charge in [0.05, 0.1) is 6.10 Å². The van der Waals surface area contributed by atoms with Crippen LogP contribution in [0, 0.1) is 0 Å². The highest BCUT2D eigenvalue weighted by Crippen LogP contribution is 2.31. The van der Waals surface area contributed by atoms with Crippen LogP contribution < -0.4 is 5.32 Å². The Morgan fingerprint density at radius 3 is 2.73 bits per heavy atom. The Hall–Kier alpha value is -0.690. The number of carbonyl (C=O) groups is 1. The van der Waals surface area contributed by atoms with E-state index in [1.807, 2.05) is 0 Å². The lowest BCUT2D eigenvalue weighted by atomic mass is 10.1. The van der Waals surface area contributed by atoms with Gasteiger partial charge in [-0.25, -0.2) is 0 Å². The van der Waals surface area contributed by atoms with Gasteiger partial charge in [0, 0.05) is 6.54 Å². The molecule has 4 atom stereocenters. The second-order valence-corrected chi connectivity index (χ2v) is 4.32. The monoisotopic (exact) mass is 217 g/mol. The van der Waals surface area contributed by atoms with Crippen molar-refractivity contribution in [3.8, 4) is 0 Å². The molecule has 0 saturated carbocycles. The Balaban J connectivity index is 2.24. The van der Waals surface area contributed by atoms with E-state index < -0.39 is 30.2 Å². The number of β-amino-alcohol motifs (C(OH)–C–C–N with tert-alkyl or cyclic N) is 1. The summed E-state index contributed by atoms with van der Waals surface area (Å²) in [5.41, 5.74) is 0. The second-order valence-electron chi connectivity index (χ2n) is 4.32. The number of ether oxygens (including phenoxy) is 2. The molecule has 2 saturated heterocycles. The van der Waals surface area contributed by atoms with Gasteiger partial charge < -0.3 is 25.0 Å². The molecule has 2 rings (SSSR count). The maximum absolute atomic E-state index is 11.5. The van der Waals surface area contributed by atoms with Gasteiger partial charge in [0.25, 0.3) is 5.91 Å². The van der Waals surface area contributed by atoms with Crippen LogP contribution in [0.5, 0.6) is 0 Å². The van der Waals surface area contributed by atoms with E-state index in [4.69, 9.17) is 9.47 Å². The van der Waals surface area contributed by atoms with E-state index in [-0.39, 0.29) is 12.5 Å². The minimum atomic E-state index is -1.12. The number of aliphatic hydroxyl groups excluding tert-OH is 2. The van der Waals surface area contributed by atoms with Crippen LogP contribution >= 0.6 is 0 Å². The molecule has 2 aliphatic heterocycles. The standard InChI is InChI=1S/C9H15NO5/c1-9(2)14-6-5(12)4(11)3-10-8(13)7(6)15-9/h4-7,11-12H,3H2,1-2H3,(H,10,13)/t4-,5+,6-,7-/m1/s1. The van der Waals surface area contributed by atoms with Crippen molar-refractivity contribution in [1.82, 2.24) is 5.32 Å². The molecule has 6 nitrogen and oxygen atoms in total. The highest BCUT2D eigenvalue weighted by atomic mass is 16.8. The first-order valence-corrected chi connectivity index (χ1v) is 4.90. The predicted octanol–water partition coefficient (Wildman–Crippen LogP) is -1.64. The summed E-state index contributed by atoms with van der Waals surface area (Å²) in [5, 5.41) is 21.7. The van der Waals surface area contributed by atoms with Crippen LogP contribution in [-0.2, 0) is 14.3 Å². The van der Waals surface area contributed by atoms with Crippen molar-refractivity contribution in [3.63, 3.8) is 0 Å². The molecular weight excluding hydrogens is 202 g/mol. The summed E-state index contributed by atoms with van der Waals surface area (Å²) < 4.78 is 10.8. The SMILES string of the molecule is CC1(C)O[C@@H]2[C@@H](O)[C@H](O)CNC(=O)[C@@H]2O1. The van der Waals surface area contributed by atoms with E-state index in [1.54, 1.807) is 13.8 Å². The molecule has 1 amide bonds. The minimum Gasteiger partial charge on any atom is -0.388 e. The number of carbonyl (C=O) groups excluding carboxylic acids is 1. The van der Waals surface area contributed by atoms with E-state index in [9.17, 15) is 15.0 Å². The zero-order chi connectivity index (χ0) is 11.2. The Labute approximate surface area is 87.2 Å². The van der Waals surface area contributed by atoms with Gasteiger partial charge >= 0.3 is 0 Å². The maximum Gasteiger partial charge on any atom is 0.252 e. The number of hydrogen-bond acceptors (Lipinski definition) is 5. The summed E-state index contributed by atoms with van der Waals surface area (Å²) in [6.07, 6.45) is -3.80. The van der Waals surface area contributed by atoms with Gasteiger partial charge in [-0.15, -0.1) is 0 Å². The van der Waals surface area contributed by atoms with Crippen molar-refractivity contribution in [2.45, 2.75) is 44.1 Å². The molecule has 0 spiro atoms. The molecule has 0 aromatic carbocycles. The number of fused-ring (bicyclic) bond motifs is 1. The first-order chi connectivity index (χ1) is 6.91. The van der Waals surface area contributed by atoms with Crippen LogP contribution in [-0.4, -0.2) is 52.9 Å². The second kappa shape index (κ2) is 3.41. The van der Waals surface area contributed by atoms with E-state index in [0.29, 0.717) is 0 Å². The fourth-order valence-electron chi connectivity index (χ4n) is 1.89. The average molecular weight is 217 g/mol. The van der Waals surface area contributed by atoms with Crippen molar-refractivity contribution < 1.29 is 24.5 Å². The Kier molecular flexibility index (Phi) is 2.46. The summed E-state index contributed by atoms with van der Waals surface area (Å²) in [4.78, 5) is 11.5. The van der Waals surface area contributed by atoms with Gasteiger partial charge in [-0.05, 0) is 13.8 Å². The van der Waals surface area contributed by atoms with Gasteiger partial charge in [0.2, 0.25) is 0 Å². The molecule has 3 N–H and O–H groups in total. The molecule has 2 aliphatic rings. The van der Waals surface area contributed by atoms with Crippen LogP contribution in [0.2, 0.25) is 0 Å². The highest BCUT2D eigenvalue weighted by molar-refractivity contribution is 5.82. The highest BCUT2D eigenvalue weighted by Gasteiger charge is 2.51. The van der Waals surface area contributed by atoms with Gasteiger partial charge in [0.1, 0.15) is 12.2 Å². The molecule has 2 fully saturated rings. The van der Waals surface area contributed by atoms with Crippen molar-refractivity contribution >= 4 is 5.91 Å². The first-order valence-electron chi connectivity index (χ1n) is 4.90. The largest absolute Gasteiger partial charge is 0.388 e. The van der Waals surface area contributed by atoms with E-state index in [0.717, 1.165) is 0 Å². The molecule has 86 valence electrons. The molecule has 0 aromatic rings. The number of nitrogens with one attached hydrogen (secondary N) is 1. The van der Waals surface area contributed by atoms with Crippen molar-refractivity contribution in [3.05, 3.63) is 0 Å².